The number of carbonyl (C=O) groups excluding carboxylic acids is 1. The average molecular weight is 422 g/mol. The first-order valence-corrected chi connectivity index (χ1v) is 11.3. The lowest BCUT2D eigenvalue weighted by molar-refractivity contribution is 0.102. The highest BCUT2D eigenvalue weighted by Crippen LogP contribution is 2.34. The predicted molar refractivity (Wildman–Crippen MR) is 111 cm³/mol. The minimum absolute atomic E-state index is 0.00178. The molecule has 2 aliphatic heterocycles. The van der Waals surface area contributed by atoms with E-state index in [1.807, 2.05) is 0 Å². The summed E-state index contributed by atoms with van der Waals surface area (Å²) in [4.78, 5) is 16.8. The second-order valence-electron chi connectivity index (χ2n) is 6.40. The molecule has 0 radical (unpaired) electrons. The van der Waals surface area contributed by atoms with Crippen molar-refractivity contribution in [3.63, 3.8) is 0 Å². The van der Waals surface area contributed by atoms with Gasteiger partial charge in [0.05, 0.1) is 17.5 Å². The van der Waals surface area contributed by atoms with Gasteiger partial charge in [0.25, 0.3) is 5.91 Å². The first-order valence-electron chi connectivity index (χ1n) is 8.27. The molecule has 0 bridgehead atoms. The lowest BCUT2D eigenvalue weighted by Crippen LogP contribution is -2.13. The summed E-state index contributed by atoms with van der Waals surface area (Å²) < 4.78 is 23.2. The van der Waals surface area contributed by atoms with Gasteiger partial charge in [-0.15, -0.1) is 0 Å². The van der Waals surface area contributed by atoms with Gasteiger partial charge in [0.2, 0.25) is 0 Å². The fraction of sp³-hybridized carbons (Fsp3) is 0.222. The lowest BCUT2D eigenvalue weighted by atomic mass is 10.2. The van der Waals surface area contributed by atoms with E-state index in [0.29, 0.717) is 16.3 Å². The zero-order chi connectivity index (χ0) is 19.0. The van der Waals surface area contributed by atoms with Gasteiger partial charge in [0.15, 0.2) is 15.0 Å². The van der Waals surface area contributed by atoms with Crippen LogP contribution in [0.1, 0.15) is 10.4 Å². The average Bonchev–Trinajstić information content (AvgIpc) is 3.10. The number of amides is 1. The predicted octanol–water partition coefficient (Wildman–Crippen LogP) is 3.27. The second kappa shape index (κ2) is 7.18. The highest BCUT2D eigenvalue weighted by atomic mass is 35.5. The quantitative estimate of drug-likeness (QED) is 0.794. The van der Waals surface area contributed by atoms with E-state index in [1.54, 1.807) is 48.5 Å². The van der Waals surface area contributed by atoms with Gasteiger partial charge in [-0.2, -0.15) is 0 Å². The normalized spacial score (nSPS) is 22.8. The summed E-state index contributed by atoms with van der Waals surface area (Å²) in [7, 11) is -2.95. The van der Waals surface area contributed by atoms with Gasteiger partial charge in [-0.25, -0.2) is 8.42 Å². The summed E-state index contributed by atoms with van der Waals surface area (Å²) in [5, 5.41) is 7.33. The van der Waals surface area contributed by atoms with Gasteiger partial charge < -0.3 is 10.6 Å². The Bertz CT molecular complexity index is 1010. The van der Waals surface area contributed by atoms with Crippen LogP contribution >= 0.6 is 23.4 Å². The largest absolute Gasteiger partial charge is 0.335 e. The van der Waals surface area contributed by atoms with Crippen LogP contribution < -0.4 is 10.6 Å². The molecule has 2 heterocycles. The number of halogens is 1. The van der Waals surface area contributed by atoms with Crippen LogP contribution in [0.25, 0.3) is 0 Å². The molecule has 2 N–H and O–H groups in total. The molecule has 4 rings (SSSR count). The zero-order valence-electron chi connectivity index (χ0n) is 14.1. The molecule has 1 saturated heterocycles. The molecule has 27 heavy (non-hydrogen) atoms. The van der Waals surface area contributed by atoms with Crippen LogP contribution in [-0.2, 0) is 9.84 Å². The molecule has 140 valence electrons. The Kier molecular flexibility index (Phi) is 4.88. The number of rotatable bonds is 3. The maximum atomic E-state index is 12.3. The van der Waals surface area contributed by atoms with Gasteiger partial charge in [0, 0.05) is 27.2 Å². The molecule has 0 unspecified atom stereocenters. The molecule has 1 amide bonds. The molecule has 0 spiro atoms. The topological polar surface area (TPSA) is 87.6 Å². The number of sulfone groups is 1. The van der Waals surface area contributed by atoms with Crippen molar-refractivity contribution >= 4 is 55.6 Å². The van der Waals surface area contributed by atoms with Crippen molar-refractivity contribution in [1.29, 1.82) is 0 Å². The van der Waals surface area contributed by atoms with Crippen molar-refractivity contribution in [2.24, 2.45) is 4.99 Å². The minimum atomic E-state index is -2.95. The number of hydrogen-bond donors (Lipinski definition) is 2. The second-order valence-corrected chi connectivity index (χ2v) is 10.2. The third-order valence-electron chi connectivity index (χ3n) is 4.32. The monoisotopic (exact) mass is 421 g/mol. The number of carbonyl (C=O) groups is 1. The van der Waals surface area contributed by atoms with Crippen LogP contribution in [0.15, 0.2) is 53.5 Å². The molecule has 0 saturated carbocycles. The summed E-state index contributed by atoms with van der Waals surface area (Å²) >= 11 is 7.30. The number of hydrogen-bond acceptors (Lipinski definition) is 6. The van der Waals surface area contributed by atoms with Crippen molar-refractivity contribution in [1.82, 2.24) is 0 Å². The standard InChI is InChI=1S/C18H16ClN3O3S2/c19-12-3-7-13(8-4-12)20-17(23)11-1-5-14(6-2-11)21-18-22-15-9-27(24,25)10-16(15)26-18/h1-8,15-16H,9-10H2,(H,20,23)(H,21,22)/t15-,16+/m0/s1. The first-order chi connectivity index (χ1) is 12.9. The number of nitrogens with one attached hydrogen (secondary N) is 2. The molecule has 2 aliphatic rings. The fourth-order valence-electron chi connectivity index (χ4n) is 2.98. The number of amidine groups is 1. The first kappa shape index (κ1) is 18.3. The van der Waals surface area contributed by atoms with E-state index in [1.165, 1.54) is 11.8 Å². The molecule has 6 nitrogen and oxygen atoms in total. The number of aliphatic imine (C=N–C) groups is 1. The number of anilines is 2. The van der Waals surface area contributed by atoms with E-state index in [2.05, 4.69) is 15.6 Å². The third-order valence-corrected chi connectivity index (χ3v) is 7.71. The van der Waals surface area contributed by atoms with E-state index in [9.17, 15) is 13.2 Å². The molecule has 9 heteroatoms. The van der Waals surface area contributed by atoms with Crippen LogP contribution in [-0.4, -0.2) is 42.3 Å². The number of fused-ring (bicyclic) bond motifs is 1. The van der Waals surface area contributed by atoms with Gasteiger partial charge in [-0.05, 0) is 48.5 Å². The SMILES string of the molecule is O=C(Nc1ccc(Cl)cc1)c1ccc(NC2=N[C@H]3CS(=O)(=O)C[C@H]3S2)cc1. The maximum Gasteiger partial charge on any atom is 0.255 e. The molecule has 2 atom stereocenters. The van der Waals surface area contributed by atoms with Crippen LogP contribution in [0, 0.1) is 0 Å². The van der Waals surface area contributed by atoms with E-state index in [0.717, 1.165) is 10.9 Å². The van der Waals surface area contributed by atoms with Crippen molar-refractivity contribution in [2.45, 2.75) is 11.3 Å². The Balaban J connectivity index is 1.38. The summed E-state index contributed by atoms with van der Waals surface area (Å²) in [5.74, 6) is 0.0942. The van der Waals surface area contributed by atoms with Crippen LogP contribution in [0.4, 0.5) is 11.4 Å². The maximum absolute atomic E-state index is 12.3. The van der Waals surface area contributed by atoms with Crippen LogP contribution in [0.5, 0.6) is 0 Å². The van der Waals surface area contributed by atoms with E-state index in [-0.39, 0.29) is 28.7 Å². The summed E-state index contributed by atoms with van der Waals surface area (Å²) in [6.07, 6.45) is 0. The smallest absolute Gasteiger partial charge is 0.255 e. The summed E-state index contributed by atoms with van der Waals surface area (Å²) in [6.45, 7) is 0. The number of thioether (sulfide) groups is 1. The van der Waals surface area contributed by atoms with Crippen molar-refractivity contribution in [3.05, 3.63) is 59.1 Å². The van der Waals surface area contributed by atoms with E-state index in [4.69, 9.17) is 11.6 Å². The van der Waals surface area contributed by atoms with Crippen molar-refractivity contribution in [2.75, 3.05) is 22.1 Å². The number of nitrogens with zero attached hydrogens (tertiary/aromatic N) is 1. The van der Waals surface area contributed by atoms with Crippen LogP contribution in [0.2, 0.25) is 5.02 Å². The van der Waals surface area contributed by atoms with Crippen molar-refractivity contribution in [3.8, 4) is 0 Å². The van der Waals surface area contributed by atoms with Crippen LogP contribution in [0.3, 0.4) is 0 Å². The Morgan fingerprint density at radius 2 is 1.70 bits per heavy atom. The lowest BCUT2D eigenvalue weighted by Gasteiger charge is -2.08. The van der Waals surface area contributed by atoms with Gasteiger partial charge >= 0.3 is 0 Å². The fourth-order valence-corrected chi connectivity index (χ4v) is 6.78. The Morgan fingerprint density at radius 1 is 1.04 bits per heavy atom. The third kappa shape index (κ3) is 4.28. The van der Waals surface area contributed by atoms with E-state index < -0.39 is 9.84 Å². The van der Waals surface area contributed by atoms with Crippen molar-refractivity contribution < 1.29 is 13.2 Å². The molecular formula is C18H16ClN3O3S2. The Morgan fingerprint density at radius 3 is 2.37 bits per heavy atom. The number of benzene rings is 2. The minimum Gasteiger partial charge on any atom is -0.335 e. The van der Waals surface area contributed by atoms with Gasteiger partial charge in [0.1, 0.15) is 0 Å². The Hall–Kier alpha value is -2.03. The van der Waals surface area contributed by atoms with E-state index >= 15 is 0 Å². The van der Waals surface area contributed by atoms with Gasteiger partial charge in [-0.1, -0.05) is 23.4 Å². The zero-order valence-corrected chi connectivity index (χ0v) is 16.4. The molecule has 2 aromatic carbocycles. The summed E-state index contributed by atoms with van der Waals surface area (Å²) in [6, 6.07) is 13.8. The molecule has 0 aromatic heterocycles. The highest BCUT2D eigenvalue weighted by molar-refractivity contribution is 8.15. The molecular weight excluding hydrogens is 406 g/mol. The van der Waals surface area contributed by atoms with Gasteiger partial charge in [-0.3, -0.25) is 9.79 Å². The molecule has 2 aromatic rings. The Labute approximate surface area is 166 Å². The molecule has 1 fully saturated rings. The summed E-state index contributed by atoms with van der Waals surface area (Å²) in [5.41, 5.74) is 2.00. The highest BCUT2D eigenvalue weighted by Gasteiger charge is 2.42. The molecule has 0 aliphatic carbocycles.